The first-order valence-electron chi connectivity index (χ1n) is 5.13. The molecule has 0 aliphatic carbocycles. The fourth-order valence-electron chi connectivity index (χ4n) is 2.10. The van der Waals surface area contributed by atoms with Gasteiger partial charge in [-0.1, -0.05) is 37.3 Å². The summed E-state index contributed by atoms with van der Waals surface area (Å²) < 4.78 is 5.59. The molecule has 3 atom stereocenters. The summed E-state index contributed by atoms with van der Waals surface area (Å²) >= 11 is 0. The number of aliphatic hydroxyl groups is 1. The molecule has 0 spiro atoms. The molecule has 1 aromatic rings. The molecule has 1 saturated heterocycles. The molecule has 0 bridgehead atoms. The van der Waals surface area contributed by atoms with E-state index in [9.17, 15) is 5.11 Å². The van der Waals surface area contributed by atoms with Crippen molar-refractivity contribution in [2.75, 3.05) is 0 Å². The van der Waals surface area contributed by atoms with Crippen LogP contribution in [-0.4, -0.2) is 17.3 Å². The maximum Gasteiger partial charge on any atom is 0.145 e. The quantitative estimate of drug-likeness (QED) is 0.744. The van der Waals surface area contributed by atoms with Gasteiger partial charge in [0, 0.05) is 0 Å². The molecule has 1 aromatic carbocycles. The van der Waals surface area contributed by atoms with Gasteiger partial charge in [0.1, 0.15) is 5.60 Å². The SMILES string of the molecule is CC[C@@H](O)[C@@]1(c2ccccc2)O[C@@H]1C. The average molecular weight is 192 g/mol. The fourth-order valence-corrected chi connectivity index (χ4v) is 2.10. The minimum absolute atomic E-state index is 0.125. The van der Waals surface area contributed by atoms with Crippen molar-refractivity contribution < 1.29 is 9.84 Å². The second-order valence-electron chi connectivity index (χ2n) is 3.84. The van der Waals surface area contributed by atoms with Crippen LogP contribution in [0, 0.1) is 0 Å². The van der Waals surface area contributed by atoms with Gasteiger partial charge in [0.15, 0.2) is 0 Å². The minimum Gasteiger partial charge on any atom is -0.390 e. The molecular formula is C12H16O2. The van der Waals surface area contributed by atoms with Gasteiger partial charge in [0.05, 0.1) is 12.2 Å². The Kier molecular flexibility index (Phi) is 2.33. The van der Waals surface area contributed by atoms with Crippen LogP contribution in [0.15, 0.2) is 30.3 Å². The van der Waals surface area contributed by atoms with Crippen molar-refractivity contribution >= 4 is 0 Å². The van der Waals surface area contributed by atoms with Gasteiger partial charge < -0.3 is 9.84 Å². The highest BCUT2D eigenvalue weighted by Gasteiger charge is 2.59. The minimum atomic E-state index is -0.435. The van der Waals surface area contributed by atoms with Crippen molar-refractivity contribution in [3.05, 3.63) is 35.9 Å². The molecule has 1 aliphatic heterocycles. The summed E-state index contributed by atoms with van der Waals surface area (Å²) in [6, 6.07) is 9.97. The van der Waals surface area contributed by atoms with E-state index in [0.717, 1.165) is 12.0 Å². The zero-order chi connectivity index (χ0) is 10.2. The predicted octanol–water partition coefficient (Wildman–Crippen LogP) is 2.07. The number of epoxide rings is 1. The first kappa shape index (κ1) is 9.69. The van der Waals surface area contributed by atoms with Crippen LogP contribution >= 0.6 is 0 Å². The topological polar surface area (TPSA) is 32.8 Å². The number of rotatable bonds is 3. The summed E-state index contributed by atoms with van der Waals surface area (Å²) in [5.74, 6) is 0. The first-order chi connectivity index (χ1) is 6.71. The van der Waals surface area contributed by atoms with Crippen LogP contribution in [0.1, 0.15) is 25.8 Å². The molecule has 0 radical (unpaired) electrons. The van der Waals surface area contributed by atoms with Crippen LogP contribution in [0.4, 0.5) is 0 Å². The van der Waals surface area contributed by atoms with Crippen molar-refractivity contribution in [2.45, 2.75) is 38.1 Å². The molecule has 2 nitrogen and oxygen atoms in total. The molecule has 1 heterocycles. The number of ether oxygens (including phenoxy) is 1. The molecule has 0 amide bonds. The molecule has 1 aliphatic rings. The molecular weight excluding hydrogens is 176 g/mol. The monoisotopic (exact) mass is 192 g/mol. The Balaban J connectivity index is 2.31. The predicted molar refractivity (Wildman–Crippen MR) is 55.0 cm³/mol. The van der Waals surface area contributed by atoms with Crippen LogP contribution in [0.5, 0.6) is 0 Å². The maximum absolute atomic E-state index is 9.95. The Morgan fingerprint density at radius 3 is 2.43 bits per heavy atom. The van der Waals surface area contributed by atoms with E-state index in [1.54, 1.807) is 0 Å². The summed E-state index contributed by atoms with van der Waals surface area (Å²) in [4.78, 5) is 0. The zero-order valence-corrected chi connectivity index (χ0v) is 8.60. The van der Waals surface area contributed by atoms with Gasteiger partial charge in [-0.2, -0.15) is 0 Å². The molecule has 76 valence electrons. The molecule has 1 fully saturated rings. The average Bonchev–Trinajstić information content (AvgIpc) is 2.92. The van der Waals surface area contributed by atoms with Crippen molar-refractivity contribution in [3.8, 4) is 0 Å². The fraction of sp³-hybridized carbons (Fsp3) is 0.500. The molecule has 14 heavy (non-hydrogen) atoms. The standard InChI is InChI=1S/C12H16O2/c1-3-11(13)12(9(2)14-12)10-7-5-4-6-8-10/h4-9,11,13H,3H2,1-2H3/t9-,11-,12-/m1/s1. The highest BCUT2D eigenvalue weighted by molar-refractivity contribution is 5.30. The van der Waals surface area contributed by atoms with Gasteiger partial charge in [-0.3, -0.25) is 0 Å². The third kappa shape index (κ3) is 1.26. The second kappa shape index (κ2) is 3.37. The Bertz CT molecular complexity index is 309. The van der Waals surface area contributed by atoms with Crippen LogP contribution in [0.25, 0.3) is 0 Å². The van der Waals surface area contributed by atoms with E-state index in [0.29, 0.717) is 0 Å². The molecule has 2 heteroatoms. The van der Waals surface area contributed by atoms with Crippen LogP contribution in [0.2, 0.25) is 0 Å². The van der Waals surface area contributed by atoms with E-state index in [1.807, 2.05) is 44.2 Å². The Hall–Kier alpha value is -0.860. The number of hydrogen-bond donors (Lipinski definition) is 1. The first-order valence-corrected chi connectivity index (χ1v) is 5.13. The smallest absolute Gasteiger partial charge is 0.145 e. The van der Waals surface area contributed by atoms with Gasteiger partial charge in [0.2, 0.25) is 0 Å². The Morgan fingerprint density at radius 1 is 1.43 bits per heavy atom. The lowest BCUT2D eigenvalue weighted by Crippen LogP contribution is -2.28. The lowest BCUT2D eigenvalue weighted by Gasteiger charge is -2.18. The third-order valence-electron chi connectivity index (χ3n) is 3.03. The van der Waals surface area contributed by atoms with E-state index < -0.39 is 11.7 Å². The Labute approximate surface area is 84.5 Å². The lowest BCUT2D eigenvalue weighted by atomic mass is 9.89. The van der Waals surface area contributed by atoms with Gasteiger partial charge in [-0.25, -0.2) is 0 Å². The van der Waals surface area contributed by atoms with E-state index >= 15 is 0 Å². The Morgan fingerprint density at radius 2 is 2.00 bits per heavy atom. The molecule has 2 rings (SSSR count). The molecule has 0 unspecified atom stereocenters. The second-order valence-corrected chi connectivity index (χ2v) is 3.84. The summed E-state index contributed by atoms with van der Waals surface area (Å²) in [5.41, 5.74) is 0.651. The van der Waals surface area contributed by atoms with E-state index in [2.05, 4.69) is 0 Å². The number of hydrogen-bond acceptors (Lipinski definition) is 2. The zero-order valence-electron chi connectivity index (χ0n) is 8.60. The number of benzene rings is 1. The lowest BCUT2D eigenvalue weighted by molar-refractivity contribution is 0.0702. The van der Waals surface area contributed by atoms with Crippen molar-refractivity contribution in [3.63, 3.8) is 0 Å². The molecule has 1 N–H and O–H groups in total. The van der Waals surface area contributed by atoms with E-state index in [1.165, 1.54) is 0 Å². The number of aliphatic hydroxyl groups excluding tert-OH is 1. The summed E-state index contributed by atoms with van der Waals surface area (Å²) in [6.07, 6.45) is 0.443. The van der Waals surface area contributed by atoms with E-state index in [-0.39, 0.29) is 6.10 Å². The summed E-state index contributed by atoms with van der Waals surface area (Å²) in [5, 5.41) is 9.95. The van der Waals surface area contributed by atoms with Crippen molar-refractivity contribution in [1.82, 2.24) is 0 Å². The van der Waals surface area contributed by atoms with Gasteiger partial charge in [0.25, 0.3) is 0 Å². The third-order valence-corrected chi connectivity index (χ3v) is 3.03. The van der Waals surface area contributed by atoms with Crippen LogP contribution < -0.4 is 0 Å². The van der Waals surface area contributed by atoms with Gasteiger partial charge in [-0.15, -0.1) is 0 Å². The van der Waals surface area contributed by atoms with Crippen molar-refractivity contribution in [1.29, 1.82) is 0 Å². The van der Waals surface area contributed by atoms with Crippen LogP contribution in [-0.2, 0) is 10.3 Å². The highest BCUT2D eigenvalue weighted by Crippen LogP contribution is 2.49. The molecule has 0 saturated carbocycles. The summed E-state index contributed by atoms with van der Waals surface area (Å²) in [7, 11) is 0. The van der Waals surface area contributed by atoms with E-state index in [4.69, 9.17) is 4.74 Å². The van der Waals surface area contributed by atoms with Crippen molar-refractivity contribution in [2.24, 2.45) is 0 Å². The highest BCUT2D eigenvalue weighted by atomic mass is 16.6. The largest absolute Gasteiger partial charge is 0.390 e. The van der Waals surface area contributed by atoms with Gasteiger partial charge in [-0.05, 0) is 18.9 Å². The maximum atomic E-state index is 9.95. The normalized spacial score (nSPS) is 32.6. The van der Waals surface area contributed by atoms with Gasteiger partial charge >= 0.3 is 0 Å². The summed E-state index contributed by atoms with van der Waals surface area (Å²) in [6.45, 7) is 3.98. The molecule has 0 aromatic heterocycles. The van der Waals surface area contributed by atoms with Crippen LogP contribution in [0.3, 0.4) is 0 Å².